The second kappa shape index (κ2) is 4.19. The van der Waals surface area contributed by atoms with Crippen molar-refractivity contribution in [3.8, 4) is 0 Å². The number of hydrogen-bond donors (Lipinski definition) is 2. The lowest BCUT2D eigenvalue weighted by molar-refractivity contribution is -0.292. The highest BCUT2D eigenvalue weighted by Crippen LogP contribution is 2.59. The molecule has 4 saturated carbocycles. The summed E-state index contributed by atoms with van der Waals surface area (Å²) in [5.41, 5.74) is -0.989. The summed E-state index contributed by atoms with van der Waals surface area (Å²) in [6.45, 7) is 6.18. The maximum absolute atomic E-state index is 10.7. The predicted molar refractivity (Wildman–Crippen MR) is 73.5 cm³/mol. The standard InChI is InChI=1S/C16H28O3/c1-4-14(2,3)13(17)19-16-8-11-5-12(9-16)7-15(18,6-11)10-16/h11-13,17-18H,4-10H2,1-3H3. The van der Waals surface area contributed by atoms with E-state index < -0.39 is 11.9 Å². The zero-order valence-electron chi connectivity index (χ0n) is 12.5. The van der Waals surface area contributed by atoms with Crippen molar-refractivity contribution in [2.75, 3.05) is 0 Å². The van der Waals surface area contributed by atoms with Gasteiger partial charge in [0.05, 0.1) is 11.2 Å². The van der Waals surface area contributed by atoms with Crippen LogP contribution in [0.3, 0.4) is 0 Å². The van der Waals surface area contributed by atoms with Crippen LogP contribution in [0.4, 0.5) is 0 Å². The Bertz CT molecular complexity index is 349. The van der Waals surface area contributed by atoms with Gasteiger partial charge in [0.1, 0.15) is 0 Å². The first-order valence-corrected chi connectivity index (χ1v) is 7.84. The molecule has 3 unspecified atom stereocenters. The Balaban J connectivity index is 1.77. The zero-order chi connectivity index (χ0) is 13.9. The molecule has 0 radical (unpaired) electrons. The summed E-state index contributed by atoms with van der Waals surface area (Å²) in [6.07, 6.45) is 6.10. The van der Waals surface area contributed by atoms with Crippen LogP contribution >= 0.6 is 0 Å². The van der Waals surface area contributed by atoms with Gasteiger partial charge in [0, 0.05) is 11.8 Å². The van der Waals surface area contributed by atoms with Crippen molar-refractivity contribution >= 4 is 0 Å². The van der Waals surface area contributed by atoms with Crippen LogP contribution in [0.2, 0.25) is 0 Å². The third-order valence-electron chi connectivity index (χ3n) is 5.92. The first kappa shape index (κ1) is 13.8. The summed E-state index contributed by atoms with van der Waals surface area (Å²) >= 11 is 0. The van der Waals surface area contributed by atoms with Crippen molar-refractivity contribution in [3.05, 3.63) is 0 Å². The van der Waals surface area contributed by atoms with Gasteiger partial charge in [-0.25, -0.2) is 0 Å². The van der Waals surface area contributed by atoms with Crippen molar-refractivity contribution in [2.45, 2.75) is 83.2 Å². The number of ether oxygens (including phenoxy) is 1. The van der Waals surface area contributed by atoms with Crippen LogP contribution < -0.4 is 0 Å². The number of rotatable bonds is 4. The molecular weight excluding hydrogens is 240 g/mol. The summed E-state index contributed by atoms with van der Waals surface area (Å²) in [5, 5.41) is 21.1. The normalized spacial score (nSPS) is 46.6. The number of hydrogen-bond acceptors (Lipinski definition) is 3. The second-order valence-corrected chi connectivity index (χ2v) is 8.18. The van der Waals surface area contributed by atoms with Crippen molar-refractivity contribution in [1.82, 2.24) is 0 Å². The Hall–Kier alpha value is -0.120. The van der Waals surface area contributed by atoms with E-state index in [-0.39, 0.29) is 11.0 Å². The molecule has 4 fully saturated rings. The fourth-order valence-corrected chi connectivity index (χ4v) is 4.84. The predicted octanol–water partition coefficient (Wildman–Crippen LogP) is 2.84. The molecule has 4 bridgehead atoms. The van der Waals surface area contributed by atoms with Crippen molar-refractivity contribution in [2.24, 2.45) is 17.3 Å². The molecule has 3 heteroatoms. The van der Waals surface area contributed by atoms with Gasteiger partial charge in [-0.1, -0.05) is 20.8 Å². The van der Waals surface area contributed by atoms with Crippen molar-refractivity contribution < 1.29 is 14.9 Å². The van der Waals surface area contributed by atoms with Gasteiger partial charge in [0.2, 0.25) is 0 Å². The Morgan fingerprint density at radius 1 is 1.21 bits per heavy atom. The SMILES string of the molecule is CCC(C)(C)C(O)OC12CC3CC(CC(O)(C3)C1)C2. The van der Waals surface area contributed by atoms with E-state index in [2.05, 4.69) is 6.92 Å². The average molecular weight is 268 g/mol. The molecule has 0 aromatic heterocycles. The number of aliphatic hydroxyl groups excluding tert-OH is 1. The van der Waals surface area contributed by atoms with Gasteiger partial charge >= 0.3 is 0 Å². The summed E-state index contributed by atoms with van der Waals surface area (Å²) in [5.74, 6) is 1.20. The van der Waals surface area contributed by atoms with Crippen molar-refractivity contribution in [1.29, 1.82) is 0 Å². The molecule has 0 aromatic carbocycles. The molecule has 0 heterocycles. The molecule has 4 aliphatic carbocycles. The van der Waals surface area contributed by atoms with Crippen LogP contribution in [0, 0.1) is 17.3 Å². The van der Waals surface area contributed by atoms with Gasteiger partial charge in [-0.3, -0.25) is 0 Å². The molecule has 3 nitrogen and oxygen atoms in total. The summed E-state index contributed by atoms with van der Waals surface area (Å²) in [4.78, 5) is 0. The highest BCUT2D eigenvalue weighted by Gasteiger charge is 2.58. The Kier molecular flexibility index (Phi) is 3.05. The van der Waals surface area contributed by atoms with Crippen LogP contribution in [0.1, 0.15) is 65.7 Å². The lowest BCUT2D eigenvalue weighted by Crippen LogP contribution is -2.61. The molecule has 0 aromatic rings. The van der Waals surface area contributed by atoms with E-state index in [4.69, 9.17) is 4.74 Å². The highest BCUT2D eigenvalue weighted by atomic mass is 16.6. The van der Waals surface area contributed by atoms with Gasteiger partial charge in [-0.05, 0) is 50.4 Å². The molecule has 4 rings (SSSR count). The third-order valence-corrected chi connectivity index (χ3v) is 5.92. The summed E-state index contributed by atoms with van der Waals surface area (Å²) in [6, 6.07) is 0. The van der Waals surface area contributed by atoms with E-state index in [0.717, 1.165) is 38.5 Å². The zero-order valence-corrected chi connectivity index (χ0v) is 12.5. The van der Waals surface area contributed by atoms with E-state index in [1.54, 1.807) is 0 Å². The molecule has 4 aliphatic rings. The summed E-state index contributed by atoms with van der Waals surface area (Å²) < 4.78 is 6.17. The molecule has 0 spiro atoms. The maximum Gasteiger partial charge on any atom is 0.160 e. The molecular formula is C16H28O3. The highest BCUT2D eigenvalue weighted by molar-refractivity contribution is 5.10. The maximum atomic E-state index is 10.7. The lowest BCUT2D eigenvalue weighted by Gasteiger charge is -2.60. The average Bonchev–Trinajstić information content (AvgIpc) is 2.24. The fourth-order valence-electron chi connectivity index (χ4n) is 4.84. The quantitative estimate of drug-likeness (QED) is 0.771. The molecule has 0 saturated heterocycles. The van der Waals surface area contributed by atoms with E-state index in [1.807, 2.05) is 13.8 Å². The lowest BCUT2D eigenvalue weighted by atomic mass is 9.52. The molecule has 110 valence electrons. The van der Waals surface area contributed by atoms with Crippen LogP contribution in [0.25, 0.3) is 0 Å². The molecule has 0 aliphatic heterocycles. The van der Waals surface area contributed by atoms with Gasteiger partial charge < -0.3 is 14.9 Å². The molecule has 0 amide bonds. The first-order valence-electron chi connectivity index (χ1n) is 7.84. The van der Waals surface area contributed by atoms with Crippen LogP contribution in [0.5, 0.6) is 0 Å². The minimum absolute atomic E-state index is 0.216. The molecule has 3 atom stereocenters. The molecule has 2 N–H and O–H groups in total. The second-order valence-electron chi connectivity index (χ2n) is 8.18. The van der Waals surface area contributed by atoms with Gasteiger partial charge in [-0.2, -0.15) is 0 Å². The topological polar surface area (TPSA) is 49.7 Å². The Labute approximate surface area is 116 Å². The van der Waals surface area contributed by atoms with Gasteiger partial charge in [0.15, 0.2) is 6.29 Å². The van der Waals surface area contributed by atoms with Crippen LogP contribution in [-0.4, -0.2) is 27.7 Å². The Morgan fingerprint density at radius 3 is 2.26 bits per heavy atom. The summed E-state index contributed by atoms with van der Waals surface area (Å²) in [7, 11) is 0. The van der Waals surface area contributed by atoms with E-state index in [9.17, 15) is 10.2 Å². The van der Waals surface area contributed by atoms with Crippen LogP contribution in [0.15, 0.2) is 0 Å². The Morgan fingerprint density at radius 2 is 1.79 bits per heavy atom. The monoisotopic (exact) mass is 268 g/mol. The van der Waals surface area contributed by atoms with E-state index in [0.29, 0.717) is 11.8 Å². The van der Waals surface area contributed by atoms with E-state index >= 15 is 0 Å². The largest absolute Gasteiger partial charge is 0.390 e. The smallest absolute Gasteiger partial charge is 0.160 e. The fraction of sp³-hybridized carbons (Fsp3) is 1.00. The van der Waals surface area contributed by atoms with Gasteiger partial charge in [-0.15, -0.1) is 0 Å². The minimum atomic E-state index is -0.725. The van der Waals surface area contributed by atoms with Crippen LogP contribution in [-0.2, 0) is 4.74 Å². The first-order chi connectivity index (χ1) is 8.76. The minimum Gasteiger partial charge on any atom is -0.390 e. The van der Waals surface area contributed by atoms with Crippen molar-refractivity contribution in [3.63, 3.8) is 0 Å². The third kappa shape index (κ3) is 2.34. The van der Waals surface area contributed by atoms with Gasteiger partial charge in [0.25, 0.3) is 0 Å². The number of aliphatic hydroxyl groups is 2. The van der Waals surface area contributed by atoms with E-state index in [1.165, 1.54) is 6.42 Å². The molecule has 19 heavy (non-hydrogen) atoms.